The zero-order valence-electron chi connectivity index (χ0n) is 18.6. The van der Waals surface area contributed by atoms with Crippen LogP contribution < -0.4 is 10.5 Å². The lowest BCUT2D eigenvalue weighted by Crippen LogP contribution is -2.68. The summed E-state index contributed by atoms with van der Waals surface area (Å²) in [4.78, 5) is 0. The molecule has 0 radical (unpaired) electrons. The van der Waals surface area contributed by atoms with Crippen molar-refractivity contribution >= 4 is 7.60 Å². The van der Waals surface area contributed by atoms with Gasteiger partial charge in [0.25, 0.3) is 5.79 Å². The highest BCUT2D eigenvalue weighted by atomic mass is 31.2. The number of ether oxygens (including phenoxy) is 1. The highest BCUT2D eigenvalue weighted by Crippen LogP contribution is 3.00. The van der Waals surface area contributed by atoms with Crippen molar-refractivity contribution < 1.29 is 46.8 Å². The van der Waals surface area contributed by atoms with Gasteiger partial charge in [-0.25, -0.2) is 0 Å². The van der Waals surface area contributed by atoms with Gasteiger partial charge in [-0.05, 0) is 42.9 Å². The number of unbranched alkanes of at least 4 members (excludes halogenated alkanes) is 2. The van der Waals surface area contributed by atoms with E-state index in [-0.39, 0.29) is 30.8 Å². The van der Waals surface area contributed by atoms with Gasteiger partial charge in [-0.3, -0.25) is 13.6 Å². The van der Waals surface area contributed by atoms with E-state index in [1.165, 1.54) is 12.1 Å². The molecular formula is C21H31F3NO7P. The molecular weight excluding hydrogens is 466 g/mol. The molecule has 1 aromatic carbocycles. The highest BCUT2D eigenvalue weighted by Gasteiger charge is 3.01. The first-order chi connectivity index (χ1) is 15.2. The largest absolute Gasteiger partial charge is 0.493 e. The van der Waals surface area contributed by atoms with E-state index < -0.39 is 42.8 Å². The standard InChI is InChI=1S/C21H31F3NO7P/c1-14(2)6-4-3-5-11-30-17-8-7-15(12-16(17)19(22,23)24)9-10-18(25,13-26)20(27,28)21-31-33(21,29)32-21/h7-8,12,14,26-28H,3-6,9-11,13,25H2,1-2H3. The van der Waals surface area contributed by atoms with Gasteiger partial charge in [0.2, 0.25) is 0 Å². The summed E-state index contributed by atoms with van der Waals surface area (Å²) in [6, 6.07) is 3.55. The number of aliphatic hydroxyl groups excluding tert-OH is 1. The van der Waals surface area contributed by atoms with Crippen LogP contribution >= 0.6 is 7.60 Å². The summed E-state index contributed by atoms with van der Waals surface area (Å²) in [5.41, 5.74) is 0.858. The molecule has 33 heavy (non-hydrogen) atoms. The molecule has 0 aromatic heterocycles. The van der Waals surface area contributed by atoms with Crippen molar-refractivity contribution in [1.82, 2.24) is 0 Å². The molecule has 8 nitrogen and oxygen atoms in total. The Morgan fingerprint density at radius 2 is 1.82 bits per heavy atom. The van der Waals surface area contributed by atoms with Gasteiger partial charge in [0, 0.05) is 0 Å². The molecule has 2 aliphatic rings. The minimum atomic E-state index is -4.66. The fraction of sp³-hybridized carbons (Fsp3) is 0.714. The number of aryl methyl sites for hydroxylation is 1. The minimum absolute atomic E-state index is 0.140. The molecule has 2 heterocycles. The topological polar surface area (TPSA) is 138 Å². The zero-order chi connectivity index (χ0) is 24.7. The van der Waals surface area contributed by atoms with Crippen molar-refractivity contribution in [3.63, 3.8) is 0 Å². The third-order valence-corrected chi connectivity index (χ3v) is 7.97. The molecule has 12 heteroatoms. The van der Waals surface area contributed by atoms with E-state index in [0.717, 1.165) is 25.3 Å². The molecule has 188 valence electrons. The summed E-state index contributed by atoms with van der Waals surface area (Å²) in [5, 5.41) is 30.4. The molecule has 1 aromatic rings. The van der Waals surface area contributed by atoms with E-state index in [4.69, 9.17) is 10.5 Å². The van der Waals surface area contributed by atoms with Crippen LogP contribution in [-0.2, 0) is 26.2 Å². The first kappa shape index (κ1) is 26.4. The Balaban J connectivity index is 1.64. The lowest BCUT2D eigenvalue weighted by Gasteiger charge is -2.38. The summed E-state index contributed by atoms with van der Waals surface area (Å²) < 4.78 is 67.3. The van der Waals surface area contributed by atoms with Crippen molar-refractivity contribution in [2.45, 2.75) is 75.4 Å². The Kier molecular flexibility index (Phi) is 7.29. The summed E-state index contributed by atoms with van der Waals surface area (Å²) in [6.07, 6.45) is -1.60. The summed E-state index contributed by atoms with van der Waals surface area (Å²) in [7, 11) is -3.60. The van der Waals surface area contributed by atoms with E-state index >= 15 is 0 Å². The first-order valence-corrected chi connectivity index (χ1v) is 12.4. The average molecular weight is 497 g/mol. The smallest absolute Gasteiger partial charge is 0.419 e. The van der Waals surface area contributed by atoms with Crippen LogP contribution in [0.25, 0.3) is 0 Å². The molecule has 5 N–H and O–H groups in total. The molecule has 1 unspecified atom stereocenters. The molecule has 3 rings (SSSR count). The molecule has 0 saturated carbocycles. The second kappa shape index (κ2) is 9.11. The highest BCUT2D eigenvalue weighted by molar-refractivity contribution is 7.68. The Labute approximate surface area is 190 Å². The summed E-state index contributed by atoms with van der Waals surface area (Å²) in [5.74, 6) is -2.70. The number of alkyl halides is 3. The number of nitrogens with two attached hydrogens (primary N) is 1. The Morgan fingerprint density at radius 3 is 2.33 bits per heavy atom. The third kappa shape index (κ3) is 5.10. The summed E-state index contributed by atoms with van der Waals surface area (Å²) >= 11 is 0. The maximum atomic E-state index is 13.6. The molecule has 2 saturated heterocycles. The average Bonchev–Trinajstić information content (AvgIpc) is 3.53. The van der Waals surface area contributed by atoms with Crippen LogP contribution in [0.1, 0.15) is 57.1 Å². The predicted octanol–water partition coefficient (Wildman–Crippen LogP) is 3.51. The van der Waals surface area contributed by atoms with Gasteiger partial charge in [0.05, 0.1) is 24.3 Å². The lowest BCUT2D eigenvalue weighted by molar-refractivity contribution is -0.290. The fourth-order valence-electron chi connectivity index (χ4n) is 3.75. The monoisotopic (exact) mass is 497 g/mol. The zero-order valence-corrected chi connectivity index (χ0v) is 19.5. The fourth-order valence-corrected chi connectivity index (χ4v) is 5.59. The van der Waals surface area contributed by atoms with Crippen LogP contribution in [0.5, 0.6) is 5.75 Å². The molecule has 2 fully saturated rings. The second-order valence-corrected chi connectivity index (χ2v) is 11.1. The quantitative estimate of drug-likeness (QED) is 0.141. The van der Waals surface area contributed by atoms with Crippen molar-refractivity contribution in [3.05, 3.63) is 29.3 Å². The summed E-state index contributed by atoms with van der Waals surface area (Å²) in [6.45, 7) is 3.43. The van der Waals surface area contributed by atoms with Crippen molar-refractivity contribution in [3.8, 4) is 5.75 Å². The Hall–Kier alpha value is -1.20. The van der Waals surface area contributed by atoms with Crippen molar-refractivity contribution in [2.24, 2.45) is 11.7 Å². The number of benzene rings is 1. The third-order valence-electron chi connectivity index (χ3n) is 6.09. The molecule has 0 amide bonds. The van der Waals surface area contributed by atoms with Crippen LogP contribution in [0.4, 0.5) is 13.2 Å². The van der Waals surface area contributed by atoms with Crippen LogP contribution in [0.15, 0.2) is 18.2 Å². The normalized spacial score (nSPS) is 26.1. The van der Waals surface area contributed by atoms with Gasteiger partial charge < -0.3 is 25.8 Å². The Morgan fingerprint density at radius 1 is 1.18 bits per heavy atom. The minimum Gasteiger partial charge on any atom is -0.493 e. The van der Waals surface area contributed by atoms with Gasteiger partial charge in [-0.1, -0.05) is 39.2 Å². The van der Waals surface area contributed by atoms with Crippen LogP contribution in [0.3, 0.4) is 0 Å². The number of hydrogen-bond acceptors (Lipinski definition) is 8. The lowest BCUT2D eigenvalue weighted by atomic mass is 9.84. The van der Waals surface area contributed by atoms with Crippen LogP contribution in [0, 0.1) is 5.92 Å². The van der Waals surface area contributed by atoms with E-state index in [9.17, 15) is 33.1 Å². The van der Waals surface area contributed by atoms with Gasteiger partial charge >= 0.3 is 19.3 Å². The van der Waals surface area contributed by atoms with Crippen LogP contribution in [-0.4, -0.2) is 45.4 Å². The SMILES string of the molecule is CC(C)CCCCCOc1ccc(CCC(N)(CO)C(O)(O)C23OP2(=O)O3)cc1C(F)(F)F. The number of aliphatic hydroxyl groups is 3. The number of halogens is 3. The molecule has 0 spiro atoms. The molecule has 2 aliphatic heterocycles. The van der Waals surface area contributed by atoms with Gasteiger partial charge in [-0.2, -0.15) is 13.2 Å². The van der Waals surface area contributed by atoms with Crippen LogP contribution in [0.2, 0.25) is 0 Å². The molecule has 0 aliphatic carbocycles. The van der Waals surface area contributed by atoms with E-state index in [2.05, 4.69) is 22.9 Å². The molecule has 0 bridgehead atoms. The number of fused-ring (bicyclic) bond motifs is 1. The van der Waals surface area contributed by atoms with Crippen molar-refractivity contribution in [2.75, 3.05) is 13.2 Å². The van der Waals surface area contributed by atoms with E-state index in [1.54, 1.807) is 0 Å². The Bertz CT molecular complexity index is 898. The first-order valence-electron chi connectivity index (χ1n) is 10.9. The second-order valence-electron chi connectivity index (χ2n) is 9.17. The van der Waals surface area contributed by atoms with E-state index in [1.807, 2.05) is 0 Å². The van der Waals surface area contributed by atoms with Gasteiger partial charge in [-0.15, -0.1) is 0 Å². The predicted molar refractivity (Wildman–Crippen MR) is 112 cm³/mol. The maximum absolute atomic E-state index is 13.6. The number of rotatable bonds is 13. The van der Waals surface area contributed by atoms with Crippen molar-refractivity contribution in [1.29, 1.82) is 0 Å². The van der Waals surface area contributed by atoms with E-state index in [0.29, 0.717) is 12.3 Å². The number of hydrogen-bond donors (Lipinski definition) is 4. The van der Waals surface area contributed by atoms with Gasteiger partial charge in [0.15, 0.2) is 0 Å². The molecule has 1 atom stereocenters. The van der Waals surface area contributed by atoms with Gasteiger partial charge in [0.1, 0.15) is 5.75 Å². The maximum Gasteiger partial charge on any atom is 0.419 e.